The average molecular weight is 263 g/mol. The monoisotopic (exact) mass is 263 g/mol. The van der Waals surface area contributed by atoms with Gasteiger partial charge < -0.3 is 21.1 Å². The van der Waals surface area contributed by atoms with Crippen LogP contribution in [0.5, 0.6) is 0 Å². The van der Waals surface area contributed by atoms with Crippen LogP contribution in [-0.2, 0) is 0 Å². The number of carbonyl (C=O) groups is 1. The molecule has 2 rings (SSSR count). The van der Waals surface area contributed by atoms with Gasteiger partial charge in [-0.1, -0.05) is 0 Å². The Kier molecular flexibility index (Phi) is 4.27. The zero-order chi connectivity index (χ0) is 13.8. The van der Waals surface area contributed by atoms with Crippen molar-refractivity contribution in [3.8, 4) is 0 Å². The van der Waals surface area contributed by atoms with E-state index in [0.717, 1.165) is 31.6 Å². The molecule has 1 atom stereocenters. The molecule has 4 N–H and O–H groups in total. The molecule has 1 heterocycles. The highest BCUT2D eigenvalue weighted by molar-refractivity contribution is 6.00. The van der Waals surface area contributed by atoms with E-state index < -0.39 is 0 Å². The summed E-state index contributed by atoms with van der Waals surface area (Å²) in [5.41, 5.74) is 8.03. The number of aliphatic hydroxyl groups excluding tert-OH is 1. The second-order valence-electron chi connectivity index (χ2n) is 4.97. The van der Waals surface area contributed by atoms with E-state index in [9.17, 15) is 4.79 Å². The van der Waals surface area contributed by atoms with Crippen LogP contribution in [0.3, 0.4) is 0 Å². The van der Waals surface area contributed by atoms with E-state index in [-0.39, 0.29) is 12.5 Å². The van der Waals surface area contributed by atoms with Crippen molar-refractivity contribution in [3.63, 3.8) is 0 Å². The summed E-state index contributed by atoms with van der Waals surface area (Å²) < 4.78 is 0. The Labute approximate surface area is 113 Å². The van der Waals surface area contributed by atoms with Gasteiger partial charge in [0.15, 0.2) is 0 Å². The van der Waals surface area contributed by atoms with Gasteiger partial charge in [0.2, 0.25) is 0 Å². The molecule has 1 amide bonds. The molecule has 0 spiro atoms. The molecule has 1 fully saturated rings. The SMILES string of the molecule is CNC(=O)c1ccc(N)cc1N1CCC(CCO)C1. The van der Waals surface area contributed by atoms with Crippen molar-refractivity contribution < 1.29 is 9.90 Å². The van der Waals surface area contributed by atoms with E-state index in [2.05, 4.69) is 10.2 Å². The molecule has 1 unspecified atom stereocenters. The van der Waals surface area contributed by atoms with Crippen LogP contribution in [0.1, 0.15) is 23.2 Å². The smallest absolute Gasteiger partial charge is 0.253 e. The van der Waals surface area contributed by atoms with Gasteiger partial charge in [0.05, 0.1) is 11.3 Å². The molecule has 0 radical (unpaired) electrons. The Morgan fingerprint density at radius 3 is 3.05 bits per heavy atom. The number of rotatable bonds is 4. The van der Waals surface area contributed by atoms with Crippen molar-refractivity contribution >= 4 is 17.3 Å². The zero-order valence-electron chi connectivity index (χ0n) is 11.2. The van der Waals surface area contributed by atoms with Crippen LogP contribution >= 0.6 is 0 Å². The summed E-state index contributed by atoms with van der Waals surface area (Å²) in [5, 5.41) is 11.7. The summed E-state index contributed by atoms with van der Waals surface area (Å²) >= 11 is 0. The minimum absolute atomic E-state index is 0.0967. The first-order valence-electron chi connectivity index (χ1n) is 6.63. The van der Waals surface area contributed by atoms with Crippen LogP contribution in [0.15, 0.2) is 18.2 Å². The van der Waals surface area contributed by atoms with Crippen LogP contribution in [0.4, 0.5) is 11.4 Å². The minimum atomic E-state index is -0.0967. The van der Waals surface area contributed by atoms with Crippen LogP contribution in [0.2, 0.25) is 0 Å². The predicted molar refractivity (Wildman–Crippen MR) is 76.3 cm³/mol. The second-order valence-corrected chi connectivity index (χ2v) is 4.97. The Morgan fingerprint density at radius 2 is 2.37 bits per heavy atom. The van der Waals surface area contributed by atoms with Crippen LogP contribution in [0.25, 0.3) is 0 Å². The highest BCUT2D eigenvalue weighted by atomic mass is 16.3. The third-order valence-electron chi connectivity index (χ3n) is 3.66. The quantitative estimate of drug-likeness (QED) is 0.703. The van der Waals surface area contributed by atoms with E-state index in [1.54, 1.807) is 19.2 Å². The molecular formula is C14H21N3O2. The number of nitrogen functional groups attached to an aromatic ring is 1. The molecule has 0 aromatic heterocycles. The Morgan fingerprint density at radius 1 is 1.58 bits per heavy atom. The van der Waals surface area contributed by atoms with Crippen molar-refractivity contribution in [2.75, 3.05) is 37.4 Å². The van der Waals surface area contributed by atoms with Crippen LogP contribution < -0.4 is 16.0 Å². The van der Waals surface area contributed by atoms with Crippen molar-refractivity contribution in [2.45, 2.75) is 12.8 Å². The van der Waals surface area contributed by atoms with E-state index in [4.69, 9.17) is 10.8 Å². The largest absolute Gasteiger partial charge is 0.399 e. The van der Waals surface area contributed by atoms with Gasteiger partial charge in [0.25, 0.3) is 5.91 Å². The Hall–Kier alpha value is -1.75. The fourth-order valence-electron chi connectivity index (χ4n) is 2.61. The Balaban J connectivity index is 2.24. The summed E-state index contributed by atoms with van der Waals surface area (Å²) in [7, 11) is 1.63. The second kappa shape index (κ2) is 5.93. The van der Waals surface area contributed by atoms with Crippen molar-refractivity contribution in [3.05, 3.63) is 23.8 Å². The highest BCUT2D eigenvalue weighted by Crippen LogP contribution is 2.30. The third-order valence-corrected chi connectivity index (χ3v) is 3.66. The first kappa shape index (κ1) is 13.7. The first-order chi connectivity index (χ1) is 9.15. The summed E-state index contributed by atoms with van der Waals surface area (Å²) in [6.07, 6.45) is 1.86. The standard InChI is InChI=1S/C14H21N3O2/c1-16-14(19)12-3-2-11(15)8-13(12)17-6-4-10(9-17)5-7-18/h2-3,8,10,18H,4-7,9,15H2,1H3,(H,16,19). The zero-order valence-corrected chi connectivity index (χ0v) is 11.2. The van der Waals surface area contributed by atoms with Crippen molar-refractivity contribution in [1.82, 2.24) is 5.32 Å². The van der Waals surface area contributed by atoms with Crippen LogP contribution in [-0.4, -0.2) is 37.8 Å². The molecule has 104 valence electrons. The van der Waals surface area contributed by atoms with E-state index >= 15 is 0 Å². The van der Waals surface area contributed by atoms with Gasteiger partial charge in [-0.15, -0.1) is 0 Å². The molecular weight excluding hydrogens is 242 g/mol. The number of hydrogen-bond donors (Lipinski definition) is 3. The van der Waals surface area contributed by atoms with E-state index in [0.29, 0.717) is 17.2 Å². The van der Waals surface area contributed by atoms with E-state index in [1.165, 1.54) is 0 Å². The summed E-state index contributed by atoms with van der Waals surface area (Å²) in [5.74, 6) is 0.393. The number of aliphatic hydroxyl groups is 1. The summed E-state index contributed by atoms with van der Waals surface area (Å²) in [6, 6.07) is 5.37. The number of nitrogens with zero attached hydrogens (tertiary/aromatic N) is 1. The fraction of sp³-hybridized carbons (Fsp3) is 0.500. The van der Waals surface area contributed by atoms with Gasteiger partial charge in [-0.3, -0.25) is 4.79 Å². The molecule has 1 aliphatic rings. The maximum atomic E-state index is 11.9. The summed E-state index contributed by atoms with van der Waals surface area (Å²) in [4.78, 5) is 14.1. The molecule has 1 aliphatic heterocycles. The lowest BCUT2D eigenvalue weighted by molar-refractivity contribution is 0.0963. The molecule has 5 nitrogen and oxygen atoms in total. The predicted octanol–water partition coefficient (Wildman–Crippen LogP) is 0.837. The first-order valence-corrected chi connectivity index (χ1v) is 6.63. The highest BCUT2D eigenvalue weighted by Gasteiger charge is 2.25. The molecule has 0 saturated carbocycles. The van der Waals surface area contributed by atoms with Gasteiger partial charge in [-0.25, -0.2) is 0 Å². The normalized spacial score (nSPS) is 18.6. The van der Waals surface area contributed by atoms with Gasteiger partial charge in [0, 0.05) is 32.4 Å². The lowest BCUT2D eigenvalue weighted by Crippen LogP contribution is -2.26. The number of carbonyl (C=O) groups excluding carboxylic acids is 1. The number of nitrogens with one attached hydrogen (secondary N) is 1. The number of nitrogens with two attached hydrogens (primary N) is 1. The van der Waals surface area contributed by atoms with E-state index in [1.807, 2.05) is 6.07 Å². The fourth-order valence-corrected chi connectivity index (χ4v) is 2.61. The minimum Gasteiger partial charge on any atom is -0.399 e. The molecule has 1 aromatic rings. The Bertz CT molecular complexity index is 462. The van der Waals surface area contributed by atoms with Crippen molar-refractivity contribution in [1.29, 1.82) is 0 Å². The maximum Gasteiger partial charge on any atom is 0.253 e. The molecule has 5 heteroatoms. The summed E-state index contributed by atoms with van der Waals surface area (Å²) in [6.45, 7) is 1.99. The lowest BCUT2D eigenvalue weighted by Gasteiger charge is -2.22. The van der Waals surface area contributed by atoms with Gasteiger partial charge in [-0.2, -0.15) is 0 Å². The van der Waals surface area contributed by atoms with Crippen molar-refractivity contribution in [2.24, 2.45) is 5.92 Å². The molecule has 1 aromatic carbocycles. The van der Waals surface area contributed by atoms with Gasteiger partial charge in [-0.05, 0) is 37.0 Å². The van der Waals surface area contributed by atoms with Gasteiger partial charge >= 0.3 is 0 Å². The number of benzene rings is 1. The molecule has 19 heavy (non-hydrogen) atoms. The van der Waals surface area contributed by atoms with Gasteiger partial charge in [0.1, 0.15) is 0 Å². The number of amides is 1. The molecule has 0 aliphatic carbocycles. The van der Waals surface area contributed by atoms with Crippen LogP contribution in [0, 0.1) is 5.92 Å². The number of hydrogen-bond acceptors (Lipinski definition) is 4. The maximum absolute atomic E-state index is 11.9. The number of anilines is 2. The average Bonchev–Trinajstić information content (AvgIpc) is 2.87. The lowest BCUT2D eigenvalue weighted by atomic mass is 10.1. The molecule has 0 bridgehead atoms. The third kappa shape index (κ3) is 2.98. The molecule has 1 saturated heterocycles. The topological polar surface area (TPSA) is 78.6 Å².